The summed E-state index contributed by atoms with van der Waals surface area (Å²) >= 11 is 0. The van der Waals surface area contributed by atoms with Gasteiger partial charge in [-0.25, -0.2) is 0 Å². The zero-order chi connectivity index (χ0) is 13.6. The molecule has 0 saturated heterocycles. The van der Waals surface area contributed by atoms with Crippen molar-refractivity contribution in [3.8, 4) is 12.1 Å². The SMILES string of the molecule is N#C[C@@]12CC(C=O)=C(N)[C@@]1(C#N)CC(C=O)=C2N. The van der Waals surface area contributed by atoms with Crippen molar-refractivity contribution in [3.05, 3.63) is 22.5 Å². The van der Waals surface area contributed by atoms with Crippen LogP contribution in [0.1, 0.15) is 12.8 Å². The first-order chi connectivity index (χ1) is 8.52. The Balaban J connectivity index is 2.75. The molecule has 6 nitrogen and oxygen atoms in total. The number of allylic oxidation sites excluding steroid dienone is 4. The van der Waals surface area contributed by atoms with Crippen molar-refractivity contribution in [2.24, 2.45) is 22.3 Å². The van der Waals surface area contributed by atoms with Crippen LogP contribution in [0.4, 0.5) is 0 Å². The van der Waals surface area contributed by atoms with Crippen molar-refractivity contribution in [1.82, 2.24) is 0 Å². The Morgan fingerprint density at radius 3 is 1.50 bits per heavy atom. The molecular weight excluding hydrogens is 232 g/mol. The first-order valence-corrected chi connectivity index (χ1v) is 5.24. The zero-order valence-electron chi connectivity index (χ0n) is 9.43. The van der Waals surface area contributed by atoms with Gasteiger partial charge in [0.25, 0.3) is 0 Å². The average molecular weight is 242 g/mol. The van der Waals surface area contributed by atoms with Crippen LogP contribution in [0.25, 0.3) is 0 Å². The number of nitriles is 2. The number of carbonyl (C=O) groups excluding carboxylic acids is 2. The van der Waals surface area contributed by atoms with Crippen LogP contribution in [-0.2, 0) is 9.59 Å². The van der Waals surface area contributed by atoms with E-state index in [0.29, 0.717) is 12.6 Å². The van der Waals surface area contributed by atoms with E-state index in [4.69, 9.17) is 11.5 Å². The highest BCUT2D eigenvalue weighted by Crippen LogP contribution is 2.63. The van der Waals surface area contributed by atoms with Gasteiger partial charge in [0.2, 0.25) is 0 Å². The molecule has 4 N–H and O–H groups in total. The summed E-state index contributed by atoms with van der Waals surface area (Å²) in [6.07, 6.45) is 1.05. The minimum atomic E-state index is -1.39. The largest absolute Gasteiger partial charge is 0.400 e. The molecule has 0 bridgehead atoms. The Labute approximate surface area is 103 Å². The van der Waals surface area contributed by atoms with Crippen molar-refractivity contribution in [3.63, 3.8) is 0 Å². The van der Waals surface area contributed by atoms with Gasteiger partial charge in [-0.3, -0.25) is 9.59 Å². The lowest BCUT2D eigenvalue weighted by Crippen LogP contribution is -2.39. The van der Waals surface area contributed by atoms with Gasteiger partial charge in [-0.05, 0) is 0 Å². The first kappa shape index (κ1) is 11.9. The highest BCUT2D eigenvalue weighted by atomic mass is 16.1. The lowest BCUT2D eigenvalue weighted by molar-refractivity contribution is -0.105. The van der Waals surface area contributed by atoms with E-state index in [1.165, 1.54) is 0 Å². The molecule has 0 saturated carbocycles. The van der Waals surface area contributed by atoms with Gasteiger partial charge in [0.05, 0.1) is 12.1 Å². The van der Waals surface area contributed by atoms with E-state index in [-0.39, 0.29) is 35.4 Å². The summed E-state index contributed by atoms with van der Waals surface area (Å²) in [4.78, 5) is 21.9. The predicted molar refractivity (Wildman–Crippen MR) is 59.9 cm³/mol. The molecule has 2 atom stereocenters. The zero-order valence-corrected chi connectivity index (χ0v) is 9.43. The number of hydrogen-bond donors (Lipinski definition) is 2. The van der Waals surface area contributed by atoms with E-state index in [0.717, 1.165) is 0 Å². The van der Waals surface area contributed by atoms with E-state index in [1.54, 1.807) is 0 Å². The highest BCUT2D eigenvalue weighted by Gasteiger charge is 2.65. The third kappa shape index (κ3) is 0.957. The van der Waals surface area contributed by atoms with Gasteiger partial charge in [0.15, 0.2) is 0 Å². The predicted octanol–water partition coefficient (Wildman–Crippen LogP) is -0.363. The molecule has 2 aliphatic rings. The van der Waals surface area contributed by atoms with Crippen molar-refractivity contribution in [2.45, 2.75) is 12.8 Å². The van der Waals surface area contributed by atoms with Crippen LogP contribution in [0.2, 0.25) is 0 Å². The summed E-state index contributed by atoms with van der Waals surface area (Å²) in [5, 5.41) is 18.8. The van der Waals surface area contributed by atoms with Crippen molar-refractivity contribution in [2.75, 3.05) is 0 Å². The van der Waals surface area contributed by atoms with Crippen LogP contribution < -0.4 is 11.5 Å². The van der Waals surface area contributed by atoms with Gasteiger partial charge in [-0.1, -0.05) is 0 Å². The molecule has 2 aliphatic carbocycles. The summed E-state index contributed by atoms with van der Waals surface area (Å²) in [6.45, 7) is 0. The van der Waals surface area contributed by atoms with Crippen LogP contribution >= 0.6 is 0 Å². The third-order valence-corrected chi connectivity index (χ3v) is 3.92. The smallest absolute Gasteiger partial charge is 0.147 e. The standard InChI is InChI=1S/C12H10N4O2/c13-5-11-1-7(3-17)9(15)12(11,6-14)2-8(4-18)10(11)16/h3-4H,1-2,15-16H2/t11-,12+. The summed E-state index contributed by atoms with van der Waals surface area (Å²) in [6, 6.07) is 3.99. The van der Waals surface area contributed by atoms with Gasteiger partial charge < -0.3 is 11.5 Å². The van der Waals surface area contributed by atoms with E-state index < -0.39 is 10.8 Å². The van der Waals surface area contributed by atoms with E-state index in [9.17, 15) is 20.1 Å². The summed E-state index contributed by atoms with van der Waals surface area (Å²) < 4.78 is 0. The Kier molecular flexibility index (Phi) is 2.27. The number of hydrogen-bond acceptors (Lipinski definition) is 6. The molecule has 0 spiro atoms. The fraction of sp³-hybridized carbons (Fsp3) is 0.333. The monoisotopic (exact) mass is 242 g/mol. The Hall–Kier alpha value is -2.60. The average Bonchev–Trinajstić information content (AvgIpc) is 2.79. The van der Waals surface area contributed by atoms with Gasteiger partial charge in [0, 0.05) is 35.4 Å². The van der Waals surface area contributed by atoms with Crippen molar-refractivity contribution < 1.29 is 9.59 Å². The van der Waals surface area contributed by atoms with Gasteiger partial charge in [-0.2, -0.15) is 10.5 Å². The summed E-state index contributed by atoms with van der Waals surface area (Å²) in [5.74, 6) is 0. The van der Waals surface area contributed by atoms with Crippen LogP contribution in [0.3, 0.4) is 0 Å². The van der Waals surface area contributed by atoms with Gasteiger partial charge in [-0.15, -0.1) is 0 Å². The lowest BCUT2D eigenvalue weighted by Gasteiger charge is -2.31. The number of rotatable bonds is 2. The minimum Gasteiger partial charge on any atom is -0.400 e. The number of nitrogens with two attached hydrogens (primary N) is 2. The molecule has 90 valence electrons. The molecule has 2 rings (SSSR count). The molecule has 6 heteroatoms. The lowest BCUT2D eigenvalue weighted by atomic mass is 9.67. The Morgan fingerprint density at radius 2 is 1.28 bits per heavy atom. The van der Waals surface area contributed by atoms with Crippen LogP contribution in [0.15, 0.2) is 22.5 Å². The quantitative estimate of drug-likeness (QED) is 0.635. The highest BCUT2D eigenvalue weighted by molar-refractivity contribution is 5.83. The second-order valence-electron chi connectivity index (χ2n) is 4.50. The Morgan fingerprint density at radius 1 is 0.944 bits per heavy atom. The van der Waals surface area contributed by atoms with Crippen LogP contribution in [-0.4, -0.2) is 12.6 Å². The molecule has 0 aromatic heterocycles. The summed E-state index contributed by atoms with van der Waals surface area (Å²) in [7, 11) is 0. The number of aldehydes is 2. The van der Waals surface area contributed by atoms with Gasteiger partial charge in [0.1, 0.15) is 23.4 Å². The third-order valence-electron chi connectivity index (χ3n) is 3.92. The minimum absolute atomic E-state index is 0.0183. The number of carbonyl (C=O) groups is 2. The molecule has 0 aromatic rings. The van der Waals surface area contributed by atoms with Gasteiger partial charge >= 0.3 is 0 Å². The molecule has 0 aromatic carbocycles. The maximum Gasteiger partial charge on any atom is 0.147 e. The number of nitrogens with zero attached hydrogens (tertiary/aromatic N) is 2. The normalized spacial score (nSPS) is 33.9. The maximum atomic E-state index is 10.9. The second kappa shape index (κ2) is 3.44. The molecule has 0 unspecified atom stereocenters. The summed E-state index contributed by atoms with van der Waals surface area (Å²) in [5.41, 5.74) is 9.43. The van der Waals surface area contributed by atoms with Crippen LogP contribution in [0, 0.1) is 33.5 Å². The fourth-order valence-electron chi connectivity index (χ4n) is 2.86. The van der Waals surface area contributed by atoms with Crippen LogP contribution in [0.5, 0.6) is 0 Å². The molecular formula is C12H10N4O2. The molecule has 0 radical (unpaired) electrons. The maximum absolute atomic E-state index is 10.9. The second-order valence-corrected chi connectivity index (χ2v) is 4.50. The van der Waals surface area contributed by atoms with E-state index in [1.807, 2.05) is 12.1 Å². The molecule has 18 heavy (non-hydrogen) atoms. The Bertz CT molecular complexity index is 551. The fourth-order valence-corrected chi connectivity index (χ4v) is 2.86. The number of fused-ring (bicyclic) bond motifs is 1. The van der Waals surface area contributed by atoms with Crippen molar-refractivity contribution in [1.29, 1.82) is 10.5 Å². The molecule has 0 heterocycles. The van der Waals surface area contributed by atoms with E-state index >= 15 is 0 Å². The topological polar surface area (TPSA) is 134 Å². The molecule has 0 amide bonds. The first-order valence-electron chi connectivity index (χ1n) is 5.24. The molecule has 0 fully saturated rings. The molecule has 0 aliphatic heterocycles. The van der Waals surface area contributed by atoms with E-state index in [2.05, 4.69) is 0 Å². The van der Waals surface area contributed by atoms with Crippen molar-refractivity contribution >= 4 is 12.6 Å².